The number of nitrogens with one attached hydrogen (secondary N) is 1. The van der Waals surface area contributed by atoms with Gasteiger partial charge in [-0.3, -0.25) is 4.79 Å². The van der Waals surface area contributed by atoms with Gasteiger partial charge in [-0.25, -0.2) is 9.67 Å². The first-order chi connectivity index (χ1) is 11.0. The van der Waals surface area contributed by atoms with Crippen LogP contribution in [0.2, 0.25) is 5.02 Å². The van der Waals surface area contributed by atoms with Crippen molar-refractivity contribution in [3.8, 4) is 0 Å². The largest absolute Gasteiger partial charge is 0.310 e. The summed E-state index contributed by atoms with van der Waals surface area (Å²) in [7, 11) is 0. The molecule has 0 bridgehead atoms. The van der Waals surface area contributed by atoms with Gasteiger partial charge >= 0.3 is 0 Å². The number of amides is 1. The third-order valence-corrected chi connectivity index (χ3v) is 5.50. The van der Waals surface area contributed by atoms with Crippen molar-refractivity contribution in [1.82, 2.24) is 14.8 Å². The van der Waals surface area contributed by atoms with Crippen molar-refractivity contribution in [2.45, 2.75) is 24.2 Å². The molecule has 0 aliphatic heterocycles. The Kier molecular flexibility index (Phi) is 4.89. The second-order valence-corrected chi connectivity index (χ2v) is 7.87. The van der Waals surface area contributed by atoms with Gasteiger partial charge in [0.2, 0.25) is 5.91 Å². The average Bonchev–Trinajstić information content (AvgIpc) is 3.10. The summed E-state index contributed by atoms with van der Waals surface area (Å²) in [6, 6.07) is 7.61. The topological polar surface area (TPSA) is 59.8 Å². The van der Waals surface area contributed by atoms with Crippen LogP contribution in [0, 0.1) is 0 Å². The Morgan fingerprint density at radius 3 is 3.04 bits per heavy atom. The van der Waals surface area contributed by atoms with Crippen LogP contribution in [0.1, 0.15) is 19.9 Å². The summed E-state index contributed by atoms with van der Waals surface area (Å²) in [5.74, 6) is 0.938. The fourth-order valence-corrected chi connectivity index (χ4v) is 4.09. The highest BCUT2D eigenvalue weighted by molar-refractivity contribution is 8.01. The van der Waals surface area contributed by atoms with Gasteiger partial charge in [-0.05, 0) is 32.0 Å². The number of carbonyl (C=O) groups is 1. The Bertz CT molecular complexity index is 843. The molecule has 1 aromatic carbocycles. The van der Waals surface area contributed by atoms with Crippen LogP contribution in [0.4, 0.5) is 5.82 Å². The lowest BCUT2D eigenvalue weighted by Gasteiger charge is -2.11. The fraction of sp³-hybridized carbons (Fsp3) is 0.267. The van der Waals surface area contributed by atoms with Gasteiger partial charge in [0.15, 0.2) is 4.34 Å². The zero-order chi connectivity index (χ0) is 16.4. The quantitative estimate of drug-likeness (QED) is 0.677. The number of halogens is 1. The minimum absolute atomic E-state index is 0.0744. The van der Waals surface area contributed by atoms with Crippen molar-refractivity contribution in [3.63, 3.8) is 0 Å². The molecule has 2 heterocycles. The molecule has 0 fully saturated rings. The van der Waals surface area contributed by atoms with E-state index < -0.39 is 0 Å². The van der Waals surface area contributed by atoms with E-state index in [9.17, 15) is 4.79 Å². The van der Waals surface area contributed by atoms with E-state index in [4.69, 9.17) is 11.6 Å². The number of thioether (sulfide) groups is 1. The van der Waals surface area contributed by atoms with Crippen molar-refractivity contribution in [2.75, 3.05) is 11.1 Å². The van der Waals surface area contributed by atoms with Gasteiger partial charge in [-0.2, -0.15) is 5.10 Å². The summed E-state index contributed by atoms with van der Waals surface area (Å²) < 4.78 is 3.70. The van der Waals surface area contributed by atoms with E-state index >= 15 is 0 Å². The van der Waals surface area contributed by atoms with Crippen LogP contribution >= 0.6 is 34.7 Å². The smallest absolute Gasteiger partial charge is 0.235 e. The lowest BCUT2D eigenvalue weighted by atomic mass is 10.3. The molecule has 0 atom stereocenters. The van der Waals surface area contributed by atoms with E-state index in [2.05, 4.69) is 15.4 Å². The third-order valence-electron chi connectivity index (χ3n) is 3.08. The summed E-state index contributed by atoms with van der Waals surface area (Å²) in [4.78, 5) is 16.6. The Balaban J connectivity index is 1.62. The van der Waals surface area contributed by atoms with Crippen LogP contribution in [0.3, 0.4) is 0 Å². The highest BCUT2D eigenvalue weighted by Gasteiger charge is 2.11. The van der Waals surface area contributed by atoms with E-state index in [-0.39, 0.29) is 11.9 Å². The van der Waals surface area contributed by atoms with Gasteiger partial charge in [-0.1, -0.05) is 23.4 Å². The number of carbonyl (C=O) groups excluding carboxylic acids is 1. The van der Waals surface area contributed by atoms with Gasteiger partial charge in [0.05, 0.1) is 22.2 Å². The number of anilines is 1. The Morgan fingerprint density at radius 2 is 2.26 bits per heavy atom. The second kappa shape index (κ2) is 6.90. The minimum atomic E-state index is -0.0744. The van der Waals surface area contributed by atoms with Crippen molar-refractivity contribution in [3.05, 3.63) is 35.5 Å². The molecule has 0 aliphatic rings. The predicted molar refractivity (Wildman–Crippen MR) is 96.6 cm³/mol. The van der Waals surface area contributed by atoms with Crippen LogP contribution in [0.25, 0.3) is 10.2 Å². The number of rotatable bonds is 5. The molecule has 3 rings (SSSR count). The lowest BCUT2D eigenvalue weighted by Crippen LogP contribution is -2.18. The average molecular weight is 367 g/mol. The first-order valence-electron chi connectivity index (χ1n) is 7.05. The number of nitrogens with zero attached hydrogens (tertiary/aromatic N) is 3. The molecule has 120 valence electrons. The maximum atomic E-state index is 12.1. The van der Waals surface area contributed by atoms with Crippen molar-refractivity contribution in [2.24, 2.45) is 0 Å². The summed E-state index contributed by atoms with van der Waals surface area (Å²) in [5, 5.41) is 7.74. The predicted octanol–water partition coefficient (Wildman–Crippen LogP) is 4.46. The number of fused-ring (bicyclic) bond motifs is 1. The van der Waals surface area contributed by atoms with Crippen LogP contribution in [0.5, 0.6) is 0 Å². The van der Waals surface area contributed by atoms with E-state index in [0.717, 1.165) is 14.6 Å². The summed E-state index contributed by atoms with van der Waals surface area (Å²) in [5.41, 5.74) is 0.864. The standard InChI is InChI=1S/C15H15ClN4OS2/c1-9(2)20-13(5-6-17-20)19-14(21)8-22-15-18-11-7-10(16)3-4-12(11)23-15/h3-7,9H,8H2,1-2H3,(H,19,21). The number of thiazole rings is 1. The molecule has 2 aromatic heterocycles. The molecule has 0 radical (unpaired) electrons. The number of benzene rings is 1. The second-order valence-electron chi connectivity index (χ2n) is 5.18. The Labute approximate surface area is 147 Å². The maximum Gasteiger partial charge on any atom is 0.235 e. The number of hydrogen-bond acceptors (Lipinski definition) is 5. The lowest BCUT2D eigenvalue weighted by molar-refractivity contribution is -0.113. The molecule has 3 aromatic rings. The molecule has 0 spiro atoms. The number of aromatic nitrogens is 3. The van der Waals surface area contributed by atoms with E-state index in [1.807, 2.05) is 32.0 Å². The van der Waals surface area contributed by atoms with Crippen LogP contribution < -0.4 is 5.32 Å². The monoisotopic (exact) mass is 366 g/mol. The summed E-state index contributed by atoms with van der Waals surface area (Å²) in [6.07, 6.45) is 1.68. The number of hydrogen-bond donors (Lipinski definition) is 1. The molecule has 1 N–H and O–H groups in total. The highest BCUT2D eigenvalue weighted by Crippen LogP contribution is 2.31. The van der Waals surface area contributed by atoms with Gasteiger partial charge in [0.1, 0.15) is 5.82 Å². The molecule has 0 saturated heterocycles. The van der Waals surface area contributed by atoms with E-state index in [0.29, 0.717) is 16.6 Å². The maximum absolute atomic E-state index is 12.1. The Morgan fingerprint density at radius 1 is 1.43 bits per heavy atom. The highest BCUT2D eigenvalue weighted by atomic mass is 35.5. The summed E-state index contributed by atoms with van der Waals surface area (Å²) >= 11 is 8.94. The first-order valence-corrected chi connectivity index (χ1v) is 9.23. The molecule has 23 heavy (non-hydrogen) atoms. The van der Waals surface area contributed by atoms with Gasteiger partial charge in [-0.15, -0.1) is 11.3 Å². The molecule has 5 nitrogen and oxygen atoms in total. The molecular weight excluding hydrogens is 352 g/mol. The van der Waals surface area contributed by atoms with Crippen LogP contribution in [0.15, 0.2) is 34.8 Å². The normalized spacial score (nSPS) is 11.3. The van der Waals surface area contributed by atoms with Crippen LogP contribution in [-0.4, -0.2) is 26.4 Å². The van der Waals surface area contributed by atoms with Crippen LogP contribution in [-0.2, 0) is 4.79 Å². The van der Waals surface area contributed by atoms with E-state index in [1.54, 1.807) is 28.3 Å². The molecular formula is C15H15ClN4OS2. The zero-order valence-corrected chi connectivity index (χ0v) is 15.0. The third kappa shape index (κ3) is 3.85. The SMILES string of the molecule is CC(C)n1nccc1NC(=O)CSc1nc2cc(Cl)ccc2s1. The Hall–Kier alpha value is -1.57. The van der Waals surface area contributed by atoms with Crippen molar-refractivity contribution in [1.29, 1.82) is 0 Å². The van der Waals surface area contributed by atoms with Crippen molar-refractivity contribution >= 4 is 56.6 Å². The summed E-state index contributed by atoms with van der Waals surface area (Å²) in [6.45, 7) is 4.04. The molecule has 1 amide bonds. The zero-order valence-electron chi connectivity index (χ0n) is 12.6. The minimum Gasteiger partial charge on any atom is -0.310 e. The molecule has 8 heteroatoms. The van der Waals surface area contributed by atoms with Crippen molar-refractivity contribution < 1.29 is 4.79 Å². The molecule has 0 saturated carbocycles. The van der Waals surface area contributed by atoms with Gasteiger partial charge < -0.3 is 5.32 Å². The van der Waals surface area contributed by atoms with Gasteiger partial charge in [0.25, 0.3) is 0 Å². The van der Waals surface area contributed by atoms with Gasteiger partial charge in [0, 0.05) is 17.1 Å². The first kappa shape index (κ1) is 16.3. The van der Waals surface area contributed by atoms with E-state index in [1.165, 1.54) is 11.8 Å². The molecule has 0 unspecified atom stereocenters. The fourth-order valence-electron chi connectivity index (χ4n) is 2.07. The molecule has 0 aliphatic carbocycles.